The Labute approximate surface area is 102 Å². The summed E-state index contributed by atoms with van der Waals surface area (Å²) in [5.74, 6) is 0.656. The Bertz CT molecular complexity index is 574. The molecule has 0 spiro atoms. The van der Waals surface area contributed by atoms with Gasteiger partial charge in [0.05, 0.1) is 15.7 Å². The van der Waals surface area contributed by atoms with Crippen LogP contribution in [0, 0.1) is 0 Å². The Morgan fingerprint density at radius 3 is 2.75 bits per heavy atom. The Balaban J connectivity index is 2.57. The SMILES string of the molecule is CCc1nc(=O)[nH]n1-c1ccc(Cl)c(Cl)c1. The molecule has 0 amide bonds. The maximum absolute atomic E-state index is 11.1. The molecule has 0 radical (unpaired) electrons. The first-order valence-electron chi connectivity index (χ1n) is 4.75. The van der Waals surface area contributed by atoms with Gasteiger partial charge in [-0.2, -0.15) is 4.98 Å². The quantitative estimate of drug-likeness (QED) is 0.899. The normalized spacial score (nSPS) is 10.7. The topological polar surface area (TPSA) is 50.7 Å². The smallest absolute Gasteiger partial charge is 0.244 e. The molecule has 0 saturated carbocycles. The molecule has 0 unspecified atom stereocenters. The van der Waals surface area contributed by atoms with Gasteiger partial charge in [-0.05, 0) is 18.2 Å². The number of hydrogen-bond donors (Lipinski definition) is 1. The van der Waals surface area contributed by atoms with E-state index >= 15 is 0 Å². The lowest BCUT2D eigenvalue weighted by Gasteiger charge is -2.06. The molecular formula is C10H9Cl2N3O. The van der Waals surface area contributed by atoms with E-state index in [2.05, 4.69) is 10.1 Å². The summed E-state index contributed by atoms with van der Waals surface area (Å²) in [4.78, 5) is 15.0. The average molecular weight is 258 g/mol. The second-order valence-electron chi connectivity index (χ2n) is 3.23. The molecule has 0 aliphatic rings. The van der Waals surface area contributed by atoms with Crippen LogP contribution in [0.5, 0.6) is 0 Å². The van der Waals surface area contributed by atoms with E-state index in [1.165, 1.54) is 0 Å². The third-order valence-electron chi connectivity index (χ3n) is 2.17. The molecule has 6 heteroatoms. The molecule has 1 aromatic heterocycles. The Morgan fingerprint density at radius 1 is 1.38 bits per heavy atom. The highest BCUT2D eigenvalue weighted by atomic mass is 35.5. The summed E-state index contributed by atoms with van der Waals surface area (Å²) in [7, 11) is 0. The summed E-state index contributed by atoms with van der Waals surface area (Å²) < 4.78 is 1.60. The molecule has 0 saturated heterocycles. The van der Waals surface area contributed by atoms with Crippen molar-refractivity contribution >= 4 is 23.2 Å². The van der Waals surface area contributed by atoms with Crippen LogP contribution in [0.3, 0.4) is 0 Å². The van der Waals surface area contributed by atoms with Crippen molar-refractivity contribution in [1.29, 1.82) is 0 Å². The van der Waals surface area contributed by atoms with Gasteiger partial charge in [-0.1, -0.05) is 30.1 Å². The van der Waals surface area contributed by atoms with Gasteiger partial charge in [-0.3, -0.25) is 0 Å². The molecule has 1 aromatic carbocycles. The first-order chi connectivity index (χ1) is 7.61. The Morgan fingerprint density at radius 2 is 2.12 bits per heavy atom. The fourth-order valence-corrected chi connectivity index (χ4v) is 1.72. The van der Waals surface area contributed by atoms with Crippen LogP contribution in [-0.2, 0) is 6.42 Å². The number of halogens is 2. The molecule has 4 nitrogen and oxygen atoms in total. The molecule has 2 rings (SSSR count). The second-order valence-corrected chi connectivity index (χ2v) is 4.05. The molecule has 1 heterocycles. The zero-order valence-corrected chi connectivity index (χ0v) is 10.0. The van der Waals surface area contributed by atoms with Crippen LogP contribution in [0.1, 0.15) is 12.7 Å². The van der Waals surface area contributed by atoms with Crippen LogP contribution in [0.4, 0.5) is 0 Å². The Kier molecular flexibility index (Phi) is 3.03. The van der Waals surface area contributed by atoms with Crippen LogP contribution in [-0.4, -0.2) is 14.8 Å². The van der Waals surface area contributed by atoms with Gasteiger partial charge < -0.3 is 0 Å². The largest absolute Gasteiger partial charge is 0.361 e. The van der Waals surface area contributed by atoms with Crippen LogP contribution in [0.25, 0.3) is 5.69 Å². The van der Waals surface area contributed by atoms with E-state index in [9.17, 15) is 4.79 Å². The number of nitrogens with zero attached hydrogens (tertiary/aromatic N) is 2. The van der Waals surface area contributed by atoms with Crippen molar-refractivity contribution in [2.75, 3.05) is 0 Å². The lowest BCUT2D eigenvalue weighted by molar-refractivity contribution is 0.797. The van der Waals surface area contributed by atoms with Gasteiger partial charge in [0.25, 0.3) is 0 Å². The highest BCUT2D eigenvalue weighted by Crippen LogP contribution is 2.24. The summed E-state index contributed by atoms with van der Waals surface area (Å²) in [6.45, 7) is 1.92. The first-order valence-corrected chi connectivity index (χ1v) is 5.50. The van der Waals surface area contributed by atoms with Crippen molar-refractivity contribution in [1.82, 2.24) is 14.8 Å². The van der Waals surface area contributed by atoms with Crippen molar-refractivity contribution in [2.24, 2.45) is 0 Å². The van der Waals surface area contributed by atoms with E-state index in [4.69, 9.17) is 23.2 Å². The van der Waals surface area contributed by atoms with Gasteiger partial charge in [0.1, 0.15) is 5.82 Å². The fraction of sp³-hybridized carbons (Fsp3) is 0.200. The number of rotatable bonds is 2. The predicted molar refractivity (Wildman–Crippen MR) is 63.6 cm³/mol. The number of benzene rings is 1. The van der Waals surface area contributed by atoms with E-state index < -0.39 is 0 Å². The summed E-state index contributed by atoms with van der Waals surface area (Å²) in [6.07, 6.45) is 0.652. The third kappa shape index (κ3) is 1.99. The van der Waals surface area contributed by atoms with Gasteiger partial charge in [0.2, 0.25) is 0 Å². The van der Waals surface area contributed by atoms with Crippen LogP contribution < -0.4 is 5.69 Å². The summed E-state index contributed by atoms with van der Waals surface area (Å²) in [5.41, 5.74) is 0.365. The molecule has 0 aliphatic carbocycles. The lowest BCUT2D eigenvalue weighted by atomic mass is 10.3. The second kappa shape index (κ2) is 4.31. The molecule has 16 heavy (non-hydrogen) atoms. The molecular weight excluding hydrogens is 249 g/mol. The van der Waals surface area contributed by atoms with Crippen LogP contribution in [0.2, 0.25) is 10.0 Å². The van der Waals surface area contributed by atoms with Crippen molar-refractivity contribution < 1.29 is 0 Å². The van der Waals surface area contributed by atoms with Crippen LogP contribution in [0.15, 0.2) is 23.0 Å². The van der Waals surface area contributed by atoms with Crippen molar-refractivity contribution in [3.8, 4) is 5.69 Å². The van der Waals surface area contributed by atoms with Gasteiger partial charge in [-0.15, -0.1) is 0 Å². The standard InChI is InChI=1S/C10H9Cl2N3O/c1-2-9-13-10(16)14-15(9)6-3-4-7(11)8(12)5-6/h3-5H,2H2,1H3,(H,14,16). The summed E-state index contributed by atoms with van der Waals surface area (Å²) in [6, 6.07) is 5.13. The van der Waals surface area contributed by atoms with Crippen molar-refractivity contribution in [3.63, 3.8) is 0 Å². The Hall–Kier alpha value is -1.26. The molecule has 0 atom stereocenters. The van der Waals surface area contributed by atoms with Gasteiger partial charge in [0, 0.05) is 6.42 Å². The van der Waals surface area contributed by atoms with Crippen LogP contribution >= 0.6 is 23.2 Å². The average Bonchev–Trinajstić information content (AvgIpc) is 2.63. The minimum Gasteiger partial charge on any atom is -0.244 e. The molecule has 2 aromatic rings. The lowest BCUT2D eigenvalue weighted by Crippen LogP contribution is -2.05. The number of aromatic nitrogens is 3. The maximum Gasteiger partial charge on any atom is 0.361 e. The highest BCUT2D eigenvalue weighted by Gasteiger charge is 2.07. The molecule has 0 fully saturated rings. The van der Waals surface area contributed by atoms with Gasteiger partial charge in [0.15, 0.2) is 0 Å². The maximum atomic E-state index is 11.1. The minimum atomic E-state index is -0.372. The van der Waals surface area contributed by atoms with E-state index in [0.29, 0.717) is 22.3 Å². The summed E-state index contributed by atoms with van der Waals surface area (Å²) in [5, 5.41) is 3.53. The highest BCUT2D eigenvalue weighted by molar-refractivity contribution is 6.42. The number of H-pyrrole nitrogens is 1. The van der Waals surface area contributed by atoms with Gasteiger partial charge in [-0.25, -0.2) is 14.6 Å². The minimum absolute atomic E-state index is 0.372. The van der Waals surface area contributed by atoms with E-state index in [1.807, 2.05) is 6.92 Å². The monoisotopic (exact) mass is 257 g/mol. The zero-order chi connectivity index (χ0) is 11.7. The number of aromatic amines is 1. The molecule has 84 valence electrons. The number of aryl methyl sites for hydroxylation is 1. The van der Waals surface area contributed by atoms with E-state index in [-0.39, 0.29) is 5.69 Å². The van der Waals surface area contributed by atoms with Crippen molar-refractivity contribution in [2.45, 2.75) is 13.3 Å². The predicted octanol–water partition coefficient (Wildman–Crippen LogP) is 2.43. The van der Waals surface area contributed by atoms with E-state index in [0.717, 1.165) is 5.69 Å². The molecule has 0 bridgehead atoms. The fourth-order valence-electron chi connectivity index (χ4n) is 1.43. The molecule has 1 N–H and O–H groups in total. The zero-order valence-electron chi connectivity index (χ0n) is 8.50. The number of nitrogens with one attached hydrogen (secondary N) is 1. The first kappa shape index (κ1) is 11.2. The van der Waals surface area contributed by atoms with Gasteiger partial charge >= 0.3 is 5.69 Å². The summed E-state index contributed by atoms with van der Waals surface area (Å²) >= 11 is 11.7. The van der Waals surface area contributed by atoms with E-state index in [1.54, 1.807) is 22.9 Å². The third-order valence-corrected chi connectivity index (χ3v) is 2.91. The molecule has 0 aliphatic heterocycles. The van der Waals surface area contributed by atoms with Crippen molar-refractivity contribution in [3.05, 3.63) is 44.6 Å². The number of hydrogen-bond acceptors (Lipinski definition) is 2.